The maximum absolute atomic E-state index is 12.8. The topological polar surface area (TPSA) is 0 Å². The van der Waals surface area contributed by atoms with Crippen LogP contribution < -0.4 is 0 Å². The van der Waals surface area contributed by atoms with E-state index >= 15 is 0 Å². The van der Waals surface area contributed by atoms with Crippen molar-refractivity contribution in [3.05, 3.63) is 0 Å². The van der Waals surface area contributed by atoms with E-state index in [1.54, 1.807) is 6.92 Å². The molecule has 5 unspecified atom stereocenters. The minimum atomic E-state index is -3.98. The molecule has 0 amide bonds. The molecule has 6 aliphatic rings. The van der Waals surface area contributed by atoms with Crippen molar-refractivity contribution in [2.24, 2.45) is 88.3 Å². The first-order chi connectivity index (χ1) is 26.8. The second-order valence-corrected chi connectivity index (χ2v) is 23.6. The molecule has 6 rings (SSSR count). The van der Waals surface area contributed by atoms with Crippen LogP contribution in [0.2, 0.25) is 0 Å². The van der Waals surface area contributed by atoms with Crippen molar-refractivity contribution in [1.29, 1.82) is 0 Å². The van der Waals surface area contributed by atoms with E-state index in [0.29, 0.717) is 23.7 Å². The van der Waals surface area contributed by atoms with E-state index < -0.39 is 17.8 Å². The van der Waals surface area contributed by atoms with Gasteiger partial charge in [0.25, 0.3) is 0 Å². The molecule has 6 fully saturated rings. The zero-order valence-electron chi connectivity index (χ0n) is 41.9. The van der Waals surface area contributed by atoms with Gasteiger partial charge in [0, 0.05) is 0 Å². The Hall–Kier alpha value is -0.280. The smallest absolute Gasteiger partial charge is 0.244 e. The van der Waals surface area contributed by atoms with Gasteiger partial charge in [0.05, 0.1) is 5.92 Å². The molecule has 0 N–H and O–H groups in total. The third-order valence-electron chi connectivity index (χ3n) is 16.0. The minimum Gasteiger partial charge on any atom is -0.244 e. The van der Waals surface area contributed by atoms with Gasteiger partial charge >= 0.3 is 6.18 Å². The number of halogens is 4. The van der Waals surface area contributed by atoms with E-state index in [2.05, 4.69) is 90.0 Å². The van der Waals surface area contributed by atoms with E-state index in [-0.39, 0.29) is 11.8 Å². The Labute approximate surface area is 362 Å². The standard InChI is InChI=1S/C11H22.C10H17F3.C10H20.C9H18.C8H15F.C6H12/c1-9(2)10-7-5-6-8-11(10,3)4;1-7(2)8-5-3-4-6-9(8)10(11,12)13;1-8(2)10-7-5-4-6-9(10)3;1-8(2)9-6-4-3-5-7-9;1-6(2)7-4-8(3,9)5-7;1-5(2)6-3-4-6/h9-10H,5-8H2,1-4H3;7-9H,3-6H2,1-2H3;8-10H,4-7H2,1-3H3;8-9H,3-7H2,1-2H3;6-7H,4-5H2,1-3H3;5-6H,3-4H2,1-2H3. The Morgan fingerprint density at radius 2 is 0.845 bits per heavy atom. The van der Waals surface area contributed by atoms with E-state index in [9.17, 15) is 17.6 Å². The summed E-state index contributed by atoms with van der Waals surface area (Å²) in [6.07, 6.45) is 22.6. The highest BCUT2D eigenvalue weighted by molar-refractivity contribution is 4.92. The molecule has 0 heterocycles. The second kappa shape index (κ2) is 27.0. The summed E-state index contributed by atoms with van der Waals surface area (Å²) in [7, 11) is 0. The molecule has 4 heteroatoms. The lowest BCUT2D eigenvalue weighted by Gasteiger charge is -2.41. The zero-order valence-corrected chi connectivity index (χ0v) is 41.9. The number of alkyl halides is 4. The summed E-state index contributed by atoms with van der Waals surface area (Å²) < 4.78 is 50.5. The molecule has 5 atom stereocenters. The van der Waals surface area contributed by atoms with Gasteiger partial charge in [-0.05, 0) is 147 Å². The maximum Gasteiger partial charge on any atom is 0.392 e. The van der Waals surface area contributed by atoms with Crippen LogP contribution in [0, 0.1) is 88.3 Å². The summed E-state index contributed by atoms with van der Waals surface area (Å²) in [5, 5.41) is 0. The Bertz CT molecular complexity index is 1000. The van der Waals surface area contributed by atoms with Gasteiger partial charge < -0.3 is 0 Å². The first-order valence-electron chi connectivity index (χ1n) is 25.6. The molecule has 0 aromatic carbocycles. The van der Waals surface area contributed by atoms with Crippen LogP contribution >= 0.6 is 0 Å². The third kappa shape index (κ3) is 22.2. The Morgan fingerprint density at radius 3 is 1.12 bits per heavy atom. The zero-order chi connectivity index (χ0) is 44.4. The van der Waals surface area contributed by atoms with Crippen molar-refractivity contribution in [3.8, 4) is 0 Å². The highest BCUT2D eigenvalue weighted by Gasteiger charge is 2.46. The summed E-state index contributed by atoms with van der Waals surface area (Å²) in [6.45, 7) is 35.9. The van der Waals surface area contributed by atoms with Gasteiger partial charge in [0.15, 0.2) is 0 Å². The van der Waals surface area contributed by atoms with E-state index in [0.717, 1.165) is 85.4 Å². The van der Waals surface area contributed by atoms with Gasteiger partial charge in [0.2, 0.25) is 0 Å². The predicted molar refractivity (Wildman–Crippen MR) is 249 cm³/mol. The molecule has 0 saturated heterocycles. The van der Waals surface area contributed by atoms with Crippen molar-refractivity contribution in [3.63, 3.8) is 0 Å². The Morgan fingerprint density at radius 1 is 0.431 bits per heavy atom. The average molecular weight is 829 g/mol. The van der Waals surface area contributed by atoms with Crippen molar-refractivity contribution >= 4 is 0 Å². The average Bonchev–Trinajstić information content (AvgIpc) is 3.98. The van der Waals surface area contributed by atoms with Gasteiger partial charge in [-0.25, -0.2) is 4.39 Å². The van der Waals surface area contributed by atoms with E-state index in [1.165, 1.54) is 96.3 Å². The van der Waals surface area contributed by atoms with Crippen molar-refractivity contribution in [2.75, 3.05) is 0 Å². The second-order valence-electron chi connectivity index (χ2n) is 23.6. The van der Waals surface area contributed by atoms with Crippen LogP contribution in [0.5, 0.6) is 0 Å². The molecule has 0 bridgehead atoms. The van der Waals surface area contributed by atoms with Crippen molar-refractivity contribution < 1.29 is 17.6 Å². The van der Waals surface area contributed by atoms with Crippen molar-refractivity contribution in [2.45, 2.75) is 257 Å². The number of hydrogen-bond acceptors (Lipinski definition) is 0. The van der Waals surface area contributed by atoms with Crippen LogP contribution in [0.25, 0.3) is 0 Å². The van der Waals surface area contributed by atoms with Crippen molar-refractivity contribution in [1.82, 2.24) is 0 Å². The molecule has 0 radical (unpaired) electrons. The van der Waals surface area contributed by atoms with Gasteiger partial charge in [-0.15, -0.1) is 0 Å². The summed E-state index contributed by atoms with van der Waals surface area (Å²) in [5.41, 5.74) is -0.207. The summed E-state index contributed by atoms with van der Waals surface area (Å²) in [5.74, 6) is 9.13. The highest BCUT2D eigenvalue weighted by Crippen LogP contribution is 2.46. The Kier molecular flexibility index (Phi) is 26.0. The van der Waals surface area contributed by atoms with Gasteiger partial charge in [0.1, 0.15) is 5.67 Å². The van der Waals surface area contributed by atoms with Crippen LogP contribution in [0.15, 0.2) is 0 Å². The molecular weight excluding hydrogens is 725 g/mol. The fraction of sp³-hybridized carbons (Fsp3) is 1.00. The molecule has 58 heavy (non-hydrogen) atoms. The molecule has 348 valence electrons. The SMILES string of the molecule is CC(C)C1CC(C)(F)C1.CC(C)C1CC1.CC(C)C1CCCCC1.CC(C)C1CCCCC1(C)C.CC(C)C1CCCCC1C.CC(C)C1CCCCC1C(F)(F)F. The Balaban J connectivity index is 0.000000352. The number of hydrogen-bond donors (Lipinski definition) is 0. The first kappa shape index (κ1) is 55.7. The monoisotopic (exact) mass is 829 g/mol. The van der Waals surface area contributed by atoms with Gasteiger partial charge in [-0.3, -0.25) is 0 Å². The first-order valence-corrected chi connectivity index (χ1v) is 25.6. The van der Waals surface area contributed by atoms with Crippen LogP contribution in [-0.4, -0.2) is 11.8 Å². The third-order valence-corrected chi connectivity index (χ3v) is 16.0. The highest BCUT2D eigenvalue weighted by atomic mass is 19.4. The summed E-state index contributed by atoms with van der Waals surface area (Å²) >= 11 is 0. The van der Waals surface area contributed by atoms with Crippen LogP contribution in [0.4, 0.5) is 17.6 Å². The lowest BCUT2D eigenvalue weighted by Crippen LogP contribution is -2.39. The lowest BCUT2D eigenvalue weighted by molar-refractivity contribution is -0.200. The van der Waals surface area contributed by atoms with E-state index in [4.69, 9.17) is 0 Å². The van der Waals surface area contributed by atoms with Crippen LogP contribution in [0.1, 0.15) is 246 Å². The normalized spacial score (nSPS) is 31.3. The summed E-state index contributed by atoms with van der Waals surface area (Å²) in [6, 6.07) is 0. The molecule has 6 aliphatic carbocycles. The quantitative estimate of drug-likeness (QED) is 0.234. The molecular formula is C54H104F4. The van der Waals surface area contributed by atoms with Crippen LogP contribution in [-0.2, 0) is 0 Å². The minimum absolute atomic E-state index is 0.145. The van der Waals surface area contributed by atoms with Gasteiger partial charge in [-0.2, -0.15) is 13.2 Å². The lowest BCUT2D eigenvalue weighted by atomic mass is 9.65. The molecule has 0 aromatic heterocycles. The summed E-state index contributed by atoms with van der Waals surface area (Å²) in [4.78, 5) is 0. The largest absolute Gasteiger partial charge is 0.392 e. The molecule has 0 nitrogen and oxygen atoms in total. The van der Waals surface area contributed by atoms with Crippen LogP contribution in [0.3, 0.4) is 0 Å². The predicted octanol–water partition coefficient (Wildman–Crippen LogP) is 19.4. The molecule has 0 aromatic rings. The molecule has 6 saturated carbocycles. The number of rotatable bonds is 6. The molecule has 0 aliphatic heterocycles. The van der Waals surface area contributed by atoms with E-state index in [1.807, 2.05) is 13.8 Å². The maximum atomic E-state index is 12.8. The molecule has 0 spiro atoms. The fourth-order valence-electron chi connectivity index (χ4n) is 11.5. The fourth-order valence-corrected chi connectivity index (χ4v) is 11.5. The van der Waals surface area contributed by atoms with Gasteiger partial charge in [-0.1, -0.05) is 181 Å².